The zero-order chi connectivity index (χ0) is 26.1. The first kappa shape index (κ1) is 24.8. The fourth-order valence-electron chi connectivity index (χ4n) is 4.75. The molecule has 0 spiro atoms. The number of hydrogen-bond acceptors (Lipinski definition) is 4. The number of amides is 4. The maximum Gasteiger partial charge on any atom is 0.329 e. The lowest BCUT2D eigenvalue weighted by Gasteiger charge is -2.17. The minimum Gasteiger partial charge on any atom is -0.495 e. The quantitative estimate of drug-likeness (QED) is 0.395. The lowest BCUT2D eigenvalue weighted by atomic mass is 10.0. The number of imide groups is 1. The molecular formula is C28H30N4O4. The number of urea groups is 1. The number of aryl methyl sites for hydroxylation is 4. The van der Waals surface area contributed by atoms with Gasteiger partial charge in [0.15, 0.2) is 0 Å². The van der Waals surface area contributed by atoms with E-state index >= 15 is 0 Å². The van der Waals surface area contributed by atoms with Gasteiger partial charge in [0.2, 0.25) is 5.91 Å². The molecule has 0 saturated carbocycles. The average molecular weight is 487 g/mol. The lowest BCUT2D eigenvalue weighted by Crippen LogP contribution is -2.38. The molecular weight excluding hydrogens is 456 g/mol. The van der Waals surface area contributed by atoms with Crippen molar-refractivity contribution in [1.82, 2.24) is 14.8 Å². The summed E-state index contributed by atoms with van der Waals surface area (Å²) in [6.07, 6.45) is 1.66. The Labute approximate surface area is 210 Å². The van der Waals surface area contributed by atoms with Gasteiger partial charge in [-0.05, 0) is 75.6 Å². The number of carbonyl (C=O) groups excluding carboxylic acids is 3. The molecule has 1 aliphatic heterocycles. The van der Waals surface area contributed by atoms with Crippen LogP contribution in [0.5, 0.6) is 5.75 Å². The summed E-state index contributed by atoms with van der Waals surface area (Å²) in [5.41, 5.74) is 7.99. The summed E-state index contributed by atoms with van der Waals surface area (Å²) in [6.45, 7) is 9.82. The van der Waals surface area contributed by atoms with Gasteiger partial charge in [0.1, 0.15) is 18.0 Å². The van der Waals surface area contributed by atoms with E-state index in [0.717, 1.165) is 38.7 Å². The van der Waals surface area contributed by atoms with Crippen molar-refractivity contribution in [2.24, 2.45) is 0 Å². The normalized spacial score (nSPS) is 14.4. The predicted octanol–water partition coefficient (Wildman–Crippen LogP) is 4.56. The molecule has 1 aliphatic rings. The summed E-state index contributed by atoms with van der Waals surface area (Å²) in [7, 11) is 1.50. The van der Waals surface area contributed by atoms with Crippen LogP contribution in [0.4, 0.5) is 10.5 Å². The predicted molar refractivity (Wildman–Crippen MR) is 139 cm³/mol. The largest absolute Gasteiger partial charge is 0.495 e. The number of hydrogen-bond donors (Lipinski definition) is 2. The van der Waals surface area contributed by atoms with E-state index in [-0.39, 0.29) is 5.70 Å². The second-order valence-corrected chi connectivity index (χ2v) is 9.04. The van der Waals surface area contributed by atoms with Gasteiger partial charge in [-0.2, -0.15) is 0 Å². The highest BCUT2D eigenvalue weighted by Crippen LogP contribution is 2.29. The van der Waals surface area contributed by atoms with E-state index in [4.69, 9.17) is 4.74 Å². The van der Waals surface area contributed by atoms with E-state index in [2.05, 4.69) is 48.1 Å². The van der Waals surface area contributed by atoms with Gasteiger partial charge in [-0.25, -0.2) is 9.69 Å². The minimum absolute atomic E-state index is 0.127. The Morgan fingerprint density at radius 3 is 2.36 bits per heavy atom. The molecule has 8 heteroatoms. The Bertz CT molecular complexity index is 1390. The Morgan fingerprint density at radius 2 is 1.69 bits per heavy atom. The van der Waals surface area contributed by atoms with Crippen LogP contribution in [0.3, 0.4) is 0 Å². The monoisotopic (exact) mass is 486 g/mol. The van der Waals surface area contributed by atoms with Crippen LogP contribution in [0.2, 0.25) is 0 Å². The highest BCUT2D eigenvalue weighted by atomic mass is 16.5. The van der Waals surface area contributed by atoms with Gasteiger partial charge in [0.25, 0.3) is 5.91 Å². The summed E-state index contributed by atoms with van der Waals surface area (Å²) in [5, 5.41) is 5.29. The van der Waals surface area contributed by atoms with Crippen LogP contribution in [0.15, 0.2) is 48.2 Å². The highest BCUT2D eigenvalue weighted by molar-refractivity contribution is 6.16. The first-order chi connectivity index (χ1) is 17.1. The standard InChI is InChI=1S/C28H30N4O4/c1-16-11-17(2)26(18(3)12-16)32-19(4)13-21(20(32)5)14-23-27(34)31(28(35)30-23)15-25(33)29-22-9-7-8-10-24(22)36-6/h7-14H,15H2,1-6H3,(H,29,33)(H,30,35)/b23-14+. The Morgan fingerprint density at radius 1 is 1.03 bits per heavy atom. The lowest BCUT2D eigenvalue weighted by molar-refractivity contribution is -0.127. The second kappa shape index (κ2) is 9.73. The van der Waals surface area contributed by atoms with Gasteiger partial charge >= 0.3 is 6.03 Å². The molecule has 186 valence electrons. The molecule has 0 atom stereocenters. The van der Waals surface area contributed by atoms with Crippen molar-refractivity contribution in [3.63, 3.8) is 0 Å². The van der Waals surface area contributed by atoms with Gasteiger partial charge in [-0.1, -0.05) is 29.8 Å². The number of ether oxygens (including phenoxy) is 1. The number of aromatic nitrogens is 1. The molecule has 1 fully saturated rings. The molecule has 0 aliphatic carbocycles. The topological polar surface area (TPSA) is 92.7 Å². The van der Waals surface area contributed by atoms with Crippen molar-refractivity contribution in [3.8, 4) is 11.4 Å². The van der Waals surface area contributed by atoms with E-state index < -0.39 is 24.4 Å². The molecule has 8 nitrogen and oxygen atoms in total. The van der Waals surface area contributed by atoms with E-state index in [0.29, 0.717) is 11.4 Å². The van der Waals surface area contributed by atoms with Gasteiger partial charge < -0.3 is 19.9 Å². The molecule has 2 N–H and O–H groups in total. The first-order valence-corrected chi connectivity index (χ1v) is 11.6. The summed E-state index contributed by atoms with van der Waals surface area (Å²) in [4.78, 5) is 39.0. The number of nitrogens with zero attached hydrogens (tertiary/aromatic N) is 2. The third kappa shape index (κ3) is 4.62. The van der Waals surface area contributed by atoms with Crippen molar-refractivity contribution in [3.05, 3.63) is 81.8 Å². The molecule has 0 radical (unpaired) electrons. The molecule has 3 aromatic rings. The third-order valence-electron chi connectivity index (χ3n) is 6.27. The number of carbonyl (C=O) groups is 3. The van der Waals surface area contributed by atoms with E-state index in [9.17, 15) is 14.4 Å². The van der Waals surface area contributed by atoms with Gasteiger partial charge in [0.05, 0.1) is 18.5 Å². The van der Waals surface area contributed by atoms with Crippen LogP contribution in [0.1, 0.15) is 33.6 Å². The summed E-state index contributed by atoms with van der Waals surface area (Å²) < 4.78 is 7.39. The SMILES string of the molecule is COc1ccccc1NC(=O)CN1C(=O)N/C(=C/c2cc(C)n(-c3c(C)cc(C)cc3C)c2C)C1=O. The number of methoxy groups -OCH3 is 1. The number of anilines is 1. The summed E-state index contributed by atoms with van der Waals surface area (Å²) in [6, 6.07) is 12.6. The van der Waals surface area contributed by atoms with Crippen LogP contribution >= 0.6 is 0 Å². The minimum atomic E-state index is -0.638. The molecule has 0 bridgehead atoms. The van der Waals surface area contributed by atoms with Crippen LogP contribution in [-0.4, -0.2) is 41.0 Å². The maximum atomic E-state index is 13.0. The van der Waals surface area contributed by atoms with E-state index in [1.54, 1.807) is 30.3 Å². The molecule has 2 aromatic carbocycles. The van der Waals surface area contributed by atoms with Gasteiger partial charge in [0, 0.05) is 11.4 Å². The van der Waals surface area contributed by atoms with Gasteiger partial charge in [-0.3, -0.25) is 9.59 Å². The Hall–Kier alpha value is -4.33. The zero-order valence-corrected chi connectivity index (χ0v) is 21.4. The van der Waals surface area contributed by atoms with Crippen molar-refractivity contribution in [2.75, 3.05) is 19.0 Å². The first-order valence-electron chi connectivity index (χ1n) is 11.6. The number of rotatable bonds is 6. The highest BCUT2D eigenvalue weighted by Gasteiger charge is 2.35. The van der Waals surface area contributed by atoms with E-state index in [1.807, 2.05) is 19.9 Å². The fraction of sp³-hybridized carbons (Fsp3) is 0.250. The van der Waals surface area contributed by atoms with Crippen molar-refractivity contribution < 1.29 is 19.1 Å². The average Bonchev–Trinajstić information content (AvgIpc) is 3.23. The molecule has 1 saturated heterocycles. The maximum absolute atomic E-state index is 13.0. The Balaban J connectivity index is 1.57. The number of benzene rings is 2. The molecule has 4 rings (SSSR count). The molecule has 4 amide bonds. The number of para-hydroxylation sites is 2. The number of nitrogens with one attached hydrogen (secondary N) is 2. The summed E-state index contributed by atoms with van der Waals surface area (Å²) in [5.74, 6) is -0.575. The summed E-state index contributed by atoms with van der Waals surface area (Å²) >= 11 is 0. The van der Waals surface area contributed by atoms with E-state index in [1.165, 1.54) is 12.7 Å². The Kier molecular flexibility index (Phi) is 6.70. The van der Waals surface area contributed by atoms with Crippen LogP contribution in [0.25, 0.3) is 11.8 Å². The third-order valence-corrected chi connectivity index (χ3v) is 6.27. The van der Waals surface area contributed by atoms with Crippen molar-refractivity contribution in [1.29, 1.82) is 0 Å². The molecule has 1 aromatic heterocycles. The van der Waals surface area contributed by atoms with Gasteiger partial charge in [-0.15, -0.1) is 0 Å². The fourth-order valence-corrected chi connectivity index (χ4v) is 4.75. The molecule has 2 heterocycles. The second-order valence-electron chi connectivity index (χ2n) is 9.04. The molecule has 36 heavy (non-hydrogen) atoms. The van der Waals surface area contributed by atoms with Crippen LogP contribution in [0, 0.1) is 34.6 Å². The zero-order valence-electron chi connectivity index (χ0n) is 21.4. The van der Waals surface area contributed by atoms with Crippen molar-refractivity contribution in [2.45, 2.75) is 34.6 Å². The van der Waals surface area contributed by atoms with Crippen LogP contribution in [-0.2, 0) is 9.59 Å². The smallest absolute Gasteiger partial charge is 0.329 e. The van der Waals surface area contributed by atoms with Crippen LogP contribution < -0.4 is 15.4 Å². The van der Waals surface area contributed by atoms with Crippen molar-refractivity contribution >= 4 is 29.6 Å². The molecule has 0 unspecified atom stereocenters.